The number of benzene rings is 1. The highest BCUT2D eigenvalue weighted by molar-refractivity contribution is 5.67. The second kappa shape index (κ2) is 6.43. The smallest absolute Gasteiger partial charge is 0.407 e. The summed E-state index contributed by atoms with van der Waals surface area (Å²) in [6.45, 7) is 5.41. The molecule has 2 N–H and O–H groups in total. The SMILES string of the molecule is COc1ccccc1[C@H](O)CNC(=O)OC(C)(C)C. The molecule has 0 bridgehead atoms. The summed E-state index contributed by atoms with van der Waals surface area (Å²) in [5.74, 6) is 0.584. The van der Waals surface area contributed by atoms with Gasteiger partial charge in [-0.2, -0.15) is 0 Å². The Morgan fingerprint density at radius 3 is 2.58 bits per heavy atom. The van der Waals surface area contributed by atoms with Gasteiger partial charge in [-0.1, -0.05) is 18.2 Å². The first-order valence-corrected chi connectivity index (χ1v) is 6.11. The van der Waals surface area contributed by atoms with Crippen molar-refractivity contribution in [2.24, 2.45) is 0 Å². The predicted molar refractivity (Wildman–Crippen MR) is 72.2 cm³/mol. The Morgan fingerprint density at radius 1 is 1.37 bits per heavy atom. The summed E-state index contributed by atoms with van der Waals surface area (Å²) in [6.07, 6.45) is -1.40. The minimum atomic E-state index is -0.844. The number of rotatable bonds is 4. The standard InChI is InChI=1S/C14H21NO4/c1-14(2,3)19-13(17)15-9-11(16)10-7-5-6-8-12(10)18-4/h5-8,11,16H,9H2,1-4H3,(H,15,17)/t11-/m1/s1. The van der Waals surface area contributed by atoms with Crippen molar-refractivity contribution >= 4 is 6.09 Å². The number of aliphatic hydroxyl groups is 1. The van der Waals surface area contributed by atoms with Gasteiger partial charge in [0.25, 0.3) is 0 Å². The van der Waals surface area contributed by atoms with Gasteiger partial charge in [0.1, 0.15) is 11.4 Å². The number of carbonyl (C=O) groups excluding carboxylic acids is 1. The van der Waals surface area contributed by atoms with E-state index in [9.17, 15) is 9.90 Å². The van der Waals surface area contributed by atoms with E-state index >= 15 is 0 Å². The lowest BCUT2D eigenvalue weighted by atomic mass is 10.1. The van der Waals surface area contributed by atoms with Crippen molar-refractivity contribution in [1.82, 2.24) is 5.32 Å². The van der Waals surface area contributed by atoms with E-state index in [4.69, 9.17) is 9.47 Å². The number of aliphatic hydroxyl groups excluding tert-OH is 1. The topological polar surface area (TPSA) is 67.8 Å². The van der Waals surface area contributed by atoms with E-state index < -0.39 is 17.8 Å². The fourth-order valence-electron chi connectivity index (χ4n) is 1.55. The maximum Gasteiger partial charge on any atom is 0.407 e. The summed E-state index contributed by atoms with van der Waals surface area (Å²) in [5.41, 5.74) is 0.0699. The number of para-hydroxylation sites is 1. The Kier molecular flexibility index (Phi) is 5.18. The van der Waals surface area contributed by atoms with Gasteiger partial charge in [0.15, 0.2) is 0 Å². The average Bonchev–Trinajstić information content (AvgIpc) is 2.33. The highest BCUT2D eigenvalue weighted by atomic mass is 16.6. The molecular weight excluding hydrogens is 246 g/mol. The Morgan fingerprint density at radius 2 is 2.00 bits per heavy atom. The lowest BCUT2D eigenvalue weighted by molar-refractivity contribution is 0.0490. The molecule has 0 spiro atoms. The number of hydrogen-bond acceptors (Lipinski definition) is 4. The van der Waals surface area contributed by atoms with Gasteiger partial charge in [-0.3, -0.25) is 0 Å². The highest BCUT2D eigenvalue weighted by Crippen LogP contribution is 2.24. The number of alkyl carbamates (subject to hydrolysis) is 1. The Labute approximate surface area is 113 Å². The molecule has 0 radical (unpaired) electrons. The van der Waals surface area contributed by atoms with E-state index in [0.29, 0.717) is 11.3 Å². The summed E-state index contributed by atoms with van der Waals surface area (Å²) in [6, 6.07) is 7.12. The number of ether oxygens (including phenoxy) is 2. The minimum Gasteiger partial charge on any atom is -0.496 e. The second-order valence-electron chi connectivity index (χ2n) is 5.14. The zero-order valence-electron chi connectivity index (χ0n) is 11.8. The first-order chi connectivity index (χ1) is 8.83. The normalized spacial score (nSPS) is 12.7. The van der Waals surface area contributed by atoms with Gasteiger partial charge in [0.05, 0.1) is 19.8 Å². The van der Waals surface area contributed by atoms with Crippen LogP contribution in [0.15, 0.2) is 24.3 Å². The molecule has 1 rings (SSSR count). The van der Waals surface area contributed by atoms with E-state index in [2.05, 4.69) is 5.32 Å². The van der Waals surface area contributed by atoms with E-state index in [0.717, 1.165) is 0 Å². The van der Waals surface area contributed by atoms with Crippen LogP contribution in [0, 0.1) is 0 Å². The molecule has 106 valence electrons. The summed E-state index contributed by atoms with van der Waals surface area (Å²) >= 11 is 0. The largest absolute Gasteiger partial charge is 0.496 e. The van der Waals surface area contributed by atoms with Crippen molar-refractivity contribution in [2.75, 3.05) is 13.7 Å². The molecule has 0 saturated carbocycles. The minimum absolute atomic E-state index is 0.0648. The molecule has 1 amide bonds. The zero-order chi connectivity index (χ0) is 14.5. The van der Waals surface area contributed by atoms with Crippen LogP contribution in [0.25, 0.3) is 0 Å². The molecule has 1 atom stereocenters. The molecule has 19 heavy (non-hydrogen) atoms. The van der Waals surface area contributed by atoms with Crippen LogP contribution >= 0.6 is 0 Å². The Hall–Kier alpha value is -1.75. The predicted octanol–water partition coefficient (Wildman–Crippen LogP) is 2.25. The van der Waals surface area contributed by atoms with Crippen LogP contribution in [0.1, 0.15) is 32.4 Å². The zero-order valence-corrected chi connectivity index (χ0v) is 11.8. The van der Waals surface area contributed by atoms with E-state index in [1.165, 1.54) is 7.11 Å². The summed E-state index contributed by atoms with van der Waals surface area (Å²) in [7, 11) is 1.53. The quantitative estimate of drug-likeness (QED) is 0.878. The maximum absolute atomic E-state index is 11.5. The molecule has 0 fully saturated rings. The van der Waals surface area contributed by atoms with Crippen molar-refractivity contribution in [3.63, 3.8) is 0 Å². The molecule has 1 aromatic rings. The van der Waals surface area contributed by atoms with Crippen molar-refractivity contribution in [3.05, 3.63) is 29.8 Å². The molecule has 1 aromatic carbocycles. The molecular formula is C14H21NO4. The molecule has 0 saturated heterocycles. The van der Waals surface area contributed by atoms with E-state index in [1.807, 2.05) is 6.07 Å². The number of nitrogens with one attached hydrogen (secondary N) is 1. The monoisotopic (exact) mass is 267 g/mol. The van der Waals surface area contributed by atoms with Crippen LogP contribution in [0.5, 0.6) is 5.75 Å². The van der Waals surface area contributed by atoms with Crippen molar-refractivity contribution in [3.8, 4) is 5.75 Å². The number of amides is 1. The summed E-state index contributed by atoms with van der Waals surface area (Å²) in [5, 5.41) is 12.6. The van der Waals surface area contributed by atoms with Crippen LogP contribution < -0.4 is 10.1 Å². The van der Waals surface area contributed by atoms with Gasteiger partial charge >= 0.3 is 6.09 Å². The summed E-state index contributed by atoms with van der Waals surface area (Å²) in [4.78, 5) is 11.5. The van der Waals surface area contributed by atoms with Crippen LogP contribution in [-0.2, 0) is 4.74 Å². The van der Waals surface area contributed by atoms with E-state index in [-0.39, 0.29) is 6.54 Å². The fourth-order valence-corrected chi connectivity index (χ4v) is 1.55. The van der Waals surface area contributed by atoms with Crippen molar-refractivity contribution in [1.29, 1.82) is 0 Å². The third-order valence-electron chi connectivity index (χ3n) is 2.34. The number of hydrogen-bond donors (Lipinski definition) is 2. The van der Waals surface area contributed by atoms with Gasteiger partial charge in [-0.25, -0.2) is 4.79 Å². The van der Waals surface area contributed by atoms with Crippen LogP contribution in [0.4, 0.5) is 4.79 Å². The Balaban J connectivity index is 2.56. The molecule has 5 heteroatoms. The van der Waals surface area contributed by atoms with Crippen LogP contribution in [-0.4, -0.2) is 30.5 Å². The van der Waals surface area contributed by atoms with Crippen LogP contribution in [0.2, 0.25) is 0 Å². The van der Waals surface area contributed by atoms with Gasteiger partial charge in [-0.05, 0) is 26.8 Å². The van der Waals surface area contributed by atoms with Gasteiger partial charge in [0.2, 0.25) is 0 Å². The first-order valence-electron chi connectivity index (χ1n) is 6.11. The van der Waals surface area contributed by atoms with Gasteiger partial charge < -0.3 is 19.9 Å². The first kappa shape index (κ1) is 15.3. The molecule has 0 aromatic heterocycles. The van der Waals surface area contributed by atoms with Crippen molar-refractivity contribution < 1.29 is 19.4 Å². The van der Waals surface area contributed by atoms with Gasteiger partial charge in [-0.15, -0.1) is 0 Å². The fraction of sp³-hybridized carbons (Fsp3) is 0.500. The molecule has 0 unspecified atom stereocenters. The molecule has 0 aliphatic heterocycles. The molecule has 5 nitrogen and oxygen atoms in total. The lowest BCUT2D eigenvalue weighted by Gasteiger charge is -2.21. The van der Waals surface area contributed by atoms with E-state index in [1.54, 1.807) is 39.0 Å². The number of methoxy groups -OCH3 is 1. The highest BCUT2D eigenvalue weighted by Gasteiger charge is 2.18. The second-order valence-corrected chi connectivity index (χ2v) is 5.14. The van der Waals surface area contributed by atoms with Crippen LogP contribution in [0.3, 0.4) is 0 Å². The number of carbonyl (C=O) groups is 1. The third kappa shape index (κ3) is 5.18. The Bertz CT molecular complexity index is 426. The van der Waals surface area contributed by atoms with Crippen molar-refractivity contribution in [2.45, 2.75) is 32.5 Å². The third-order valence-corrected chi connectivity index (χ3v) is 2.34. The lowest BCUT2D eigenvalue weighted by Crippen LogP contribution is -2.34. The average molecular weight is 267 g/mol. The summed E-state index contributed by atoms with van der Waals surface area (Å²) < 4.78 is 10.2. The van der Waals surface area contributed by atoms with Gasteiger partial charge in [0, 0.05) is 5.56 Å². The molecule has 0 heterocycles. The molecule has 0 aliphatic carbocycles. The maximum atomic E-state index is 11.5. The molecule has 0 aliphatic rings.